The SMILES string of the molecule is O=C1C[C@H](Nc2cccc(Cl)c2Cl)C(=O)N1c1ccccc1Br. The molecule has 1 aliphatic rings. The smallest absolute Gasteiger partial charge is 0.256 e. The van der Waals surface area contributed by atoms with Crippen LogP contribution in [0.3, 0.4) is 0 Å². The summed E-state index contributed by atoms with van der Waals surface area (Å²) in [6.45, 7) is 0. The third-order valence-electron chi connectivity index (χ3n) is 3.52. The number of hydrogen-bond donors (Lipinski definition) is 1. The number of carbonyl (C=O) groups is 2. The summed E-state index contributed by atoms with van der Waals surface area (Å²) in [5, 5.41) is 3.72. The molecule has 0 bridgehead atoms. The third-order valence-corrected chi connectivity index (χ3v) is 5.01. The highest BCUT2D eigenvalue weighted by atomic mass is 79.9. The maximum Gasteiger partial charge on any atom is 0.256 e. The second kappa shape index (κ2) is 6.51. The van der Waals surface area contributed by atoms with Crippen LogP contribution in [-0.4, -0.2) is 17.9 Å². The van der Waals surface area contributed by atoms with Gasteiger partial charge in [-0.25, -0.2) is 4.90 Å². The van der Waals surface area contributed by atoms with E-state index in [4.69, 9.17) is 23.2 Å². The lowest BCUT2D eigenvalue weighted by Crippen LogP contribution is -2.35. The quantitative estimate of drug-likeness (QED) is 0.753. The van der Waals surface area contributed by atoms with Crippen molar-refractivity contribution in [3.05, 3.63) is 57.0 Å². The zero-order valence-corrected chi connectivity index (χ0v) is 14.8. The minimum absolute atomic E-state index is 0.0585. The van der Waals surface area contributed by atoms with Crippen LogP contribution in [0.2, 0.25) is 10.0 Å². The van der Waals surface area contributed by atoms with Gasteiger partial charge in [-0.3, -0.25) is 9.59 Å². The molecule has 0 saturated carbocycles. The summed E-state index contributed by atoms with van der Waals surface area (Å²) in [5.41, 5.74) is 1.06. The van der Waals surface area contributed by atoms with Gasteiger partial charge in [-0.05, 0) is 40.2 Å². The van der Waals surface area contributed by atoms with E-state index in [2.05, 4.69) is 21.2 Å². The average Bonchev–Trinajstić information content (AvgIpc) is 2.79. The Balaban J connectivity index is 1.87. The molecule has 0 aromatic heterocycles. The van der Waals surface area contributed by atoms with Gasteiger partial charge in [0.2, 0.25) is 5.91 Å². The number of amides is 2. The van der Waals surface area contributed by atoms with Crippen LogP contribution in [-0.2, 0) is 9.59 Å². The fourth-order valence-corrected chi connectivity index (χ4v) is 3.25. The molecule has 1 N–H and O–H groups in total. The number of nitrogens with one attached hydrogen (secondary N) is 1. The largest absolute Gasteiger partial charge is 0.372 e. The fourth-order valence-electron chi connectivity index (χ4n) is 2.43. The topological polar surface area (TPSA) is 49.4 Å². The Morgan fingerprint density at radius 1 is 1.09 bits per heavy atom. The molecule has 23 heavy (non-hydrogen) atoms. The highest BCUT2D eigenvalue weighted by molar-refractivity contribution is 9.10. The zero-order valence-electron chi connectivity index (χ0n) is 11.7. The second-order valence-corrected chi connectivity index (χ2v) is 6.66. The van der Waals surface area contributed by atoms with Gasteiger partial charge in [0, 0.05) is 4.47 Å². The number of para-hydroxylation sites is 1. The lowest BCUT2D eigenvalue weighted by molar-refractivity contribution is -0.121. The molecule has 118 valence electrons. The molecule has 3 rings (SSSR count). The molecular formula is C16H11BrCl2N2O2. The van der Waals surface area contributed by atoms with Crippen LogP contribution in [0, 0.1) is 0 Å². The summed E-state index contributed by atoms with van der Waals surface area (Å²) < 4.78 is 0.683. The van der Waals surface area contributed by atoms with Gasteiger partial charge in [0.15, 0.2) is 0 Å². The first-order valence-electron chi connectivity index (χ1n) is 6.81. The fraction of sp³-hybridized carbons (Fsp3) is 0.125. The molecule has 0 spiro atoms. The predicted octanol–water partition coefficient (Wildman–Crippen LogP) is 4.50. The minimum atomic E-state index is -0.675. The number of carbonyl (C=O) groups excluding carboxylic acids is 2. The summed E-state index contributed by atoms with van der Waals surface area (Å²) in [6.07, 6.45) is 0.0585. The van der Waals surface area contributed by atoms with Gasteiger partial charge in [-0.1, -0.05) is 41.4 Å². The van der Waals surface area contributed by atoms with Crippen molar-refractivity contribution in [2.45, 2.75) is 12.5 Å². The van der Waals surface area contributed by atoms with Crippen molar-refractivity contribution in [2.24, 2.45) is 0 Å². The van der Waals surface area contributed by atoms with E-state index in [1.165, 1.54) is 4.90 Å². The molecule has 1 fully saturated rings. The molecule has 1 saturated heterocycles. The summed E-state index contributed by atoms with van der Waals surface area (Å²) in [4.78, 5) is 26.1. The predicted molar refractivity (Wildman–Crippen MR) is 95.1 cm³/mol. The third kappa shape index (κ3) is 3.09. The maximum atomic E-state index is 12.6. The molecule has 0 unspecified atom stereocenters. The van der Waals surface area contributed by atoms with Gasteiger partial charge < -0.3 is 5.32 Å². The molecule has 4 nitrogen and oxygen atoms in total. The summed E-state index contributed by atoms with van der Waals surface area (Å²) in [6, 6.07) is 11.5. The molecule has 0 radical (unpaired) electrons. The lowest BCUT2D eigenvalue weighted by Gasteiger charge is -2.18. The van der Waals surface area contributed by atoms with Gasteiger partial charge in [0.1, 0.15) is 6.04 Å². The molecule has 2 amide bonds. The van der Waals surface area contributed by atoms with Gasteiger partial charge >= 0.3 is 0 Å². The first kappa shape index (κ1) is 16.3. The Labute approximate surface area is 151 Å². The number of nitrogens with zero attached hydrogens (tertiary/aromatic N) is 1. The van der Waals surface area contributed by atoms with E-state index in [-0.39, 0.29) is 18.2 Å². The van der Waals surface area contributed by atoms with Gasteiger partial charge in [0.05, 0.1) is 27.8 Å². The summed E-state index contributed by atoms with van der Waals surface area (Å²) >= 11 is 15.5. The van der Waals surface area contributed by atoms with E-state index < -0.39 is 6.04 Å². The molecule has 2 aromatic carbocycles. The van der Waals surface area contributed by atoms with Crippen molar-refractivity contribution in [3.8, 4) is 0 Å². The first-order chi connectivity index (χ1) is 11.0. The van der Waals surface area contributed by atoms with Crippen molar-refractivity contribution >= 4 is 62.3 Å². The highest BCUT2D eigenvalue weighted by Crippen LogP contribution is 2.34. The van der Waals surface area contributed by atoms with Crippen LogP contribution in [0.25, 0.3) is 0 Å². The maximum absolute atomic E-state index is 12.6. The Hall–Kier alpha value is -1.56. The number of rotatable bonds is 3. The molecule has 7 heteroatoms. The van der Waals surface area contributed by atoms with E-state index >= 15 is 0 Å². The average molecular weight is 414 g/mol. The van der Waals surface area contributed by atoms with E-state index in [0.717, 1.165) is 0 Å². The van der Waals surface area contributed by atoms with Gasteiger partial charge in [0.25, 0.3) is 5.91 Å². The van der Waals surface area contributed by atoms with E-state index in [1.54, 1.807) is 36.4 Å². The molecular weight excluding hydrogens is 403 g/mol. The minimum Gasteiger partial charge on any atom is -0.372 e. The van der Waals surface area contributed by atoms with Crippen molar-refractivity contribution in [1.29, 1.82) is 0 Å². The number of imide groups is 1. The summed E-state index contributed by atoms with van der Waals surface area (Å²) in [5.74, 6) is -0.588. The summed E-state index contributed by atoms with van der Waals surface area (Å²) in [7, 11) is 0. The Kier molecular flexibility index (Phi) is 4.62. The molecule has 1 heterocycles. The molecule has 0 aliphatic carbocycles. The Bertz CT molecular complexity index is 797. The number of hydrogen-bond acceptors (Lipinski definition) is 3. The van der Waals surface area contributed by atoms with Crippen molar-refractivity contribution in [3.63, 3.8) is 0 Å². The lowest BCUT2D eigenvalue weighted by atomic mass is 10.2. The Morgan fingerprint density at radius 3 is 2.57 bits per heavy atom. The van der Waals surface area contributed by atoms with Crippen molar-refractivity contribution < 1.29 is 9.59 Å². The van der Waals surface area contributed by atoms with E-state index in [9.17, 15) is 9.59 Å². The van der Waals surface area contributed by atoms with Crippen LogP contribution in [0.5, 0.6) is 0 Å². The van der Waals surface area contributed by atoms with Gasteiger partial charge in [-0.2, -0.15) is 0 Å². The van der Waals surface area contributed by atoms with Crippen molar-refractivity contribution in [1.82, 2.24) is 0 Å². The van der Waals surface area contributed by atoms with Crippen molar-refractivity contribution in [2.75, 3.05) is 10.2 Å². The second-order valence-electron chi connectivity index (χ2n) is 5.02. The number of benzene rings is 2. The standard InChI is InChI=1S/C16H11BrCl2N2O2/c17-9-4-1-2-7-13(9)21-14(22)8-12(16(21)23)20-11-6-3-5-10(18)15(11)19/h1-7,12,20H,8H2/t12-/m0/s1. The molecule has 1 aliphatic heterocycles. The van der Waals surface area contributed by atoms with Crippen LogP contribution in [0.1, 0.15) is 6.42 Å². The number of anilines is 2. The Morgan fingerprint density at radius 2 is 1.83 bits per heavy atom. The van der Waals surface area contributed by atoms with Gasteiger partial charge in [-0.15, -0.1) is 0 Å². The zero-order chi connectivity index (χ0) is 16.6. The van der Waals surface area contributed by atoms with Crippen LogP contribution in [0.4, 0.5) is 11.4 Å². The normalized spacial score (nSPS) is 17.7. The van der Waals surface area contributed by atoms with Crippen LogP contribution >= 0.6 is 39.1 Å². The van der Waals surface area contributed by atoms with Crippen LogP contribution < -0.4 is 10.2 Å². The van der Waals surface area contributed by atoms with Crippen LogP contribution in [0.15, 0.2) is 46.9 Å². The highest BCUT2D eigenvalue weighted by Gasteiger charge is 2.40. The molecule has 2 aromatic rings. The molecule has 1 atom stereocenters. The monoisotopic (exact) mass is 412 g/mol. The first-order valence-corrected chi connectivity index (χ1v) is 8.36. The number of halogens is 3. The van der Waals surface area contributed by atoms with E-state index in [1.807, 2.05) is 6.07 Å². The van der Waals surface area contributed by atoms with E-state index in [0.29, 0.717) is 25.9 Å².